The summed E-state index contributed by atoms with van der Waals surface area (Å²) in [6, 6.07) is 4.10. The van der Waals surface area contributed by atoms with E-state index in [1.165, 1.54) is 4.88 Å². The molecule has 0 radical (unpaired) electrons. The van der Waals surface area contributed by atoms with Crippen molar-refractivity contribution in [2.45, 2.75) is 25.3 Å². The van der Waals surface area contributed by atoms with Crippen LogP contribution >= 0.6 is 11.3 Å². The molecule has 0 spiro atoms. The second kappa shape index (κ2) is 4.97. The van der Waals surface area contributed by atoms with E-state index in [-0.39, 0.29) is 12.0 Å². The molecule has 0 saturated carbocycles. The lowest BCUT2D eigenvalue weighted by atomic mass is 9.94. The van der Waals surface area contributed by atoms with E-state index in [0.717, 1.165) is 25.8 Å². The van der Waals surface area contributed by atoms with Crippen molar-refractivity contribution in [3.05, 3.63) is 22.4 Å². The van der Waals surface area contributed by atoms with E-state index in [2.05, 4.69) is 4.90 Å². The lowest BCUT2D eigenvalue weighted by Gasteiger charge is -2.29. The second-order valence-electron chi connectivity index (χ2n) is 4.38. The number of thiophene rings is 1. The van der Waals surface area contributed by atoms with Crippen LogP contribution in [0.3, 0.4) is 0 Å². The Balaban J connectivity index is 2.29. The van der Waals surface area contributed by atoms with Gasteiger partial charge in [-0.2, -0.15) is 0 Å². The van der Waals surface area contributed by atoms with Crippen LogP contribution in [0.4, 0.5) is 0 Å². The number of carboxylic acid groups (broad SMARTS) is 1. The van der Waals surface area contributed by atoms with Crippen molar-refractivity contribution in [1.29, 1.82) is 0 Å². The third-order valence-electron chi connectivity index (χ3n) is 3.28. The average molecular weight is 239 g/mol. The molecular weight excluding hydrogens is 222 g/mol. The van der Waals surface area contributed by atoms with E-state index in [0.29, 0.717) is 0 Å². The van der Waals surface area contributed by atoms with Gasteiger partial charge in [-0.25, -0.2) is 0 Å². The summed E-state index contributed by atoms with van der Waals surface area (Å²) in [5, 5.41) is 11.3. The molecule has 1 aromatic rings. The summed E-state index contributed by atoms with van der Waals surface area (Å²) in [7, 11) is 2.03. The molecular formula is C12H17NO2S. The molecule has 4 heteroatoms. The van der Waals surface area contributed by atoms with Crippen LogP contribution in [0.2, 0.25) is 0 Å². The maximum Gasteiger partial charge on any atom is 0.308 e. The zero-order valence-corrected chi connectivity index (χ0v) is 10.2. The van der Waals surface area contributed by atoms with Crippen LogP contribution < -0.4 is 0 Å². The SMILES string of the molecule is CN1CCCC[C@H](C(=O)O)[C@H]1c1cccs1. The Morgan fingerprint density at radius 3 is 3.00 bits per heavy atom. The van der Waals surface area contributed by atoms with E-state index in [1.807, 2.05) is 24.6 Å². The molecule has 88 valence electrons. The molecule has 16 heavy (non-hydrogen) atoms. The van der Waals surface area contributed by atoms with Gasteiger partial charge < -0.3 is 5.11 Å². The molecule has 0 aliphatic carbocycles. The standard InChI is InChI=1S/C12H17NO2S/c1-13-7-3-2-5-9(12(14)15)11(13)10-6-4-8-16-10/h4,6,8-9,11H,2-3,5,7H2,1H3,(H,14,15)/t9-,11-/m0/s1. The van der Waals surface area contributed by atoms with Crippen LogP contribution in [-0.4, -0.2) is 29.6 Å². The Morgan fingerprint density at radius 1 is 1.56 bits per heavy atom. The number of hydrogen-bond acceptors (Lipinski definition) is 3. The van der Waals surface area contributed by atoms with Gasteiger partial charge in [-0.3, -0.25) is 9.69 Å². The fraction of sp³-hybridized carbons (Fsp3) is 0.583. The molecule has 3 nitrogen and oxygen atoms in total. The van der Waals surface area contributed by atoms with E-state index in [4.69, 9.17) is 0 Å². The van der Waals surface area contributed by atoms with Crippen molar-refractivity contribution in [3.63, 3.8) is 0 Å². The van der Waals surface area contributed by atoms with Crippen molar-refractivity contribution in [1.82, 2.24) is 4.90 Å². The summed E-state index contributed by atoms with van der Waals surface area (Å²) in [6.45, 7) is 0.992. The van der Waals surface area contributed by atoms with Crippen molar-refractivity contribution in [2.75, 3.05) is 13.6 Å². The number of likely N-dealkylation sites (tertiary alicyclic amines) is 1. The van der Waals surface area contributed by atoms with Crippen LogP contribution in [0, 0.1) is 5.92 Å². The Kier molecular flexibility index (Phi) is 3.61. The van der Waals surface area contributed by atoms with Crippen LogP contribution in [0.5, 0.6) is 0 Å². The summed E-state index contributed by atoms with van der Waals surface area (Å²) in [6.07, 6.45) is 2.91. The maximum atomic E-state index is 11.3. The normalized spacial score (nSPS) is 27.6. The van der Waals surface area contributed by atoms with Gasteiger partial charge in [-0.15, -0.1) is 11.3 Å². The van der Waals surface area contributed by atoms with E-state index in [1.54, 1.807) is 11.3 Å². The molecule has 1 aromatic heterocycles. The molecule has 1 saturated heterocycles. The minimum atomic E-state index is -0.660. The highest BCUT2D eigenvalue weighted by Crippen LogP contribution is 2.36. The summed E-state index contributed by atoms with van der Waals surface area (Å²) >= 11 is 1.66. The number of carboxylic acids is 1. The molecule has 2 rings (SSSR count). The van der Waals surface area contributed by atoms with Crippen LogP contribution in [0.25, 0.3) is 0 Å². The molecule has 1 aliphatic rings. The maximum absolute atomic E-state index is 11.3. The highest BCUT2D eigenvalue weighted by molar-refractivity contribution is 7.10. The number of carbonyl (C=O) groups is 1. The summed E-state index contributed by atoms with van der Waals surface area (Å²) in [4.78, 5) is 14.7. The number of nitrogens with zero attached hydrogens (tertiary/aromatic N) is 1. The molecule has 0 unspecified atom stereocenters. The summed E-state index contributed by atoms with van der Waals surface area (Å²) in [5.74, 6) is -0.918. The summed E-state index contributed by atoms with van der Waals surface area (Å²) < 4.78 is 0. The number of rotatable bonds is 2. The third kappa shape index (κ3) is 2.28. The predicted octanol–water partition coefficient (Wildman–Crippen LogP) is 2.61. The first-order chi connectivity index (χ1) is 7.70. The quantitative estimate of drug-likeness (QED) is 0.862. The Hall–Kier alpha value is -0.870. The van der Waals surface area contributed by atoms with Gasteiger partial charge >= 0.3 is 5.97 Å². The third-order valence-corrected chi connectivity index (χ3v) is 4.23. The fourth-order valence-electron chi connectivity index (χ4n) is 2.46. The highest BCUT2D eigenvalue weighted by Gasteiger charge is 2.34. The Labute approximate surface area is 99.7 Å². The fourth-order valence-corrected chi connectivity index (χ4v) is 3.42. The molecule has 0 bridgehead atoms. The van der Waals surface area contributed by atoms with Crippen LogP contribution in [-0.2, 0) is 4.79 Å². The molecule has 0 amide bonds. The first-order valence-corrected chi connectivity index (χ1v) is 6.54. The average Bonchev–Trinajstić information content (AvgIpc) is 2.68. The highest BCUT2D eigenvalue weighted by atomic mass is 32.1. The molecule has 1 N–H and O–H groups in total. The van der Waals surface area contributed by atoms with Crippen LogP contribution in [0.15, 0.2) is 17.5 Å². The van der Waals surface area contributed by atoms with Gasteiger partial charge in [0.15, 0.2) is 0 Å². The van der Waals surface area contributed by atoms with Gasteiger partial charge in [0.05, 0.1) is 12.0 Å². The van der Waals surface area contributed by atoms with Gasteiger partial charge in [0.2, 0.25) is 0 Å². The molecule has 2 heterocycles. The summed E-state index contributed by atoms with van der Waals surface area (Å²) in [5.41, 5.74) is 0. The van der Waals surface area contributed by atoms with Gasteiger partial charge in [-0.1, -0.05) is 12.5 Å². The lowest BCUT2D eigenvalue weighted by molar-refractivity contribution is -0.144. The van der Waals surface area contributed by atoms with Crippen molar-refractivity contribution < 1.29 is 9.90 Å². The molecule has 1 fully saturated rings. The first kappa shape index (κ1) is 11.6. The molecule has 0 aromatic carbocycles. The van der Waals surface area contributed by atoms with E-state index in [9.17, 15) is 9.90 Å². The van der Waals surface area contributed by atoms with Gasteiger partial charge in [-0.05, 0) is 37.9 Å². The van der Waals surface area contributed by atoms with E-state index < -0.39 is 5.97 Å². The van der Waals surface area contributed by atoms with Gasteiger partial charge in [0, 0.05) is 4.88 Å². The number of hydrogen-bond donors (Lipinski definition) is 1. The minimum Gasteiger partial charge on any atom is -0.481 e. The van der Waals surface area contributed by atoms with Crippen molar-refractivity contribution in [3.8, 4) is 0 Å². The molecule has 1 aliphatic heterocycles. The molecule has 2 atom stereocenters. The second-order valence-corrected chi connectivity index (χ2v) is 5.36. The largest absolute Gasteiger partial charge is 0.481 e. The lowest BCUT2D eigenvalue weighted by Crippen LogP contribution is -2.32. The first-order valence-electron chi connectivity index (χ1n) is 5.66. The Morgan fingerprint density at radius 2 is 2.38 bits per heavy atom. The number of aliphatic carboxylic acids is 1. The smallest absolute Gasteiger partial charge is 0.308 e. The zero-order chi connectivity index (χ0) is 11.5. The van der Waals surface area contributed by atoms with E-state index >= 15 is 0 Å². The van der Waals surface area contributed by atoms with Crippen molar-refractivity contribution in [2.24, 2.45) is 5.92 Å². The topological polar surface area (TPSA) is 40.5 Å². The van der Waals surface area contributed by atoms with Gasteiger partial charge in [0.1, 0.15) is 0 Å². The minimum absolute atomic E-state index is 0.0556. The van der Waals surface area contributed by atoms with Gasteiger partial charge in [0.25, 0.3) is 0 Å². The monoisotopic (exact) mass is 239 g/mol. The predicted molar refractivity (Wildman–Crippen MR) is 64.7 cm³/mol. The zero-order valence-electron chi connectivity index (χ0n) is 9.43. The van der Waals surface area contributed by atoms with Crippen molar-refractivity contribution >= 4 is 17.3 Å². The van der Waals surface area contributed by atoms with Crippen LogP contribution in [0.1, 0.15) is 30.2 Å². The Bertz CT molecular complexity index is 350.